The Balaban J connectivity index is 2.08. The summed E-state index contributed by atoms with van der Waals surface area (Å²) in [5.74, 6) is 0.191. The van der Waals surface area contributed by atoms with E-state index in [0.717, 1.165) is 0 Å². The largest absolute Gasteiger partial charge is 0.373 e. The number of hydrogen-bond acceptors (Lipinski definition) is 4. The molecule has 5 heteroatoms. The van der Waals surface area contributed by atoms with Gasteiger partial charge in [0, 0.05) is 25.9 Å². The lowest BCUT2D eigenvalue weighted by Crippen LogP contribution is -2.40. The van der Waals surface area contributed by atoms with Gasteiger partial charge in [0.2, 0.25) is 5.91 Å². The van der Waals surface area contributed by atoms with Crippen LogP contribution in [0.5, 0.6) is 0 Å². The second kappa shape index (κ2) is 6.85. The van der Waals surface area contributed by atoms with E-state index >= 15 is 0 Å². The lowest BCUT2D eigenvalue weighted by Gasteiger charge is -2.26. The molecule has 104 valence electrons. The Bertz CT molecular complexity index is 286. The van der Waals surface area contributed by atoms with E-state index in [1.807, 2.05) is 20.8 Å². The molecule has 1 rings (SSSR count). The zero-order valence-corrected chi connectivity index (χ0v) is 11.5. The Morgan fingerprint density at radius 3 is 2.39 bits per heavy atom. The molecule has 18 heavy (non-hydrogen) atoms. The van der Waals surface area contributed by atoms with Gasteiger partial charge in [-0.2, -0.15) is 0 Å². The van der Waals surface area contributed by atoms with Crippen molar-refractivity contribution in [2.45, 2.75) is 39.2 Å². The second-order valence-corrected chi connectivity index (χ2v) is 5.43. The minimum Gasteiger partial charge on any atom is -0.373 e. The van der Waals surface area contributed by atoms with Crippen LogP contribution in [-0.2, 0) is 19.1 Å². The average molecular weight is 257 g/mol. The normalized spacial score (nSPS) is 17.1. The molecule has 1 fully saturated rings. The van der Waals surface area contributed by atoms with Gasteiger partial charge in [-0.15, -0.1) is 0 Å². The number of hydrogen-bond donors (Lipinski definition) is 0. The number of rotatable bonds is 5. The highest BCUT2D eigenvalue weighted by Crippen LogP contribution is 2.07. The lowest BCUT2D eigenvalue weighted by atomic mass is 10.1. The van der Waals surface area contributed by atoms with Crippen LogP contribution >= 0.6 is 0 Å². The fraction of sp³-hybridized carbons (Fsp3) is 0.846. The summed E-state index contributed by atoms with van der Waals surface area (Å²) in [5, 5.41) is 0. The monoisotopic (exact) mass is 257 g/mol. The van der Waals surface area contributed by atoms with E-state index in [9.17, 15) is 9.59 Å². The highest BCUT2D eigenvalue weighted by Gasteiger charge is 2.20. The Morgan fingerprint density at radius 1 is 1.22 bits per heavy atom. The summed E-state index contributed by atoms with van der Waals surface area (Å²) in [7, 11) is 0. The molecule has 1 aliphatic heterocycles. The predicted octanol–water partition coefficient (Wildman–Crippen LogP) is 1.01. The van der Waals surface area contributed by atoms with E-state index in [-0.39, 0.29) is 23.9 Å². The summed E-state index contributed by atoms with van der Waals surface area (Å²) in [4.78, 5) is 24.4. The second-order valence-electron chi connectivity index (χ2n) is 5.43. The zero-order chi connectivity index (χ0) is 13.6. The van der Waals surface area contributed by atoms with Crippen molar-refractivity contribution in [1.82, 2.24) is 4.90 Å². The summed E-state index contributed by atoms with van der Waals surface area (Å²) in [6, 6.07) is 0. The third-order valence-electron chi connectivity index (χ3n) is 2.66. The standard InChI is InChI=1S/C13H23NO4/c1-13(2,3)18-9-8-17-10-12(16)14-6-4-11(15)5-7-14/h4-10H2,1-3H3. The summed E-state index contributed by atoms with van der Waals surface area (Å²) in [6.45, 7) is 7.94. The van der Waals surface area contributed by atoms with Crippen molar-refractivity contribution in [3.63, 3.8) is 0 Å². The number of ketones is 1. The van der Waals surface area contributed by atoms with E-state index in [2.05, 4.69) is 0 Å². The number of ether oxygens (including phenoxy) is 2. The first-order valence-corrected chi connectivity index (χ1v) is 6.40. The molecular formula is C13H23NO4. The Kier molecular flexibility index (Phi) is 5.75. The van der Waals surface area contributed by atoms with Crippen LogP contribution in [0.2, 0.25) is 0 Å². The molecule has 1 aliphatic rings. The first-order valence-electron chi connectivity index (χ1n) is 6.40. The molecule has 0 saturated carbocycles. The van der Waals surface area contributed by atoms with E-state index in [1.54, 1.807) is 4.90 Å². The van der Waals surface area contributed by atoms with Crippen molar-refractivity contribution >= 4 is 11.7 Å². The summed E-state index contributed by atoms with van der Waals surface area (Å²) >= 11 is 0. The van der Waals surface area contributed by atoms with Crippen molar-refractivity contribution < 1.29 is 19.1 Å². The number of nitrogens with zero attached hydrogens (tertiary/aromatic N) is 1. The third kappa shape index (κ3) is 6.12. The molecule has 0 bridgehead atoms. The molecule has 0 spiro atoms. The maximum atomic E-state index is 11.7. The van der Waals surface area contributed by atoms with E-state index < -0.39 is 0 Å². The molecule has 0 aromatic rings. The Morgan fingerprint density at radius 2 is 1.83 bits per heavy atom. The van der Waals surface area contributed by atoms with Crippen LogP contribution in [0.25, 0.3) is 0 Å². The summed E-state index contributed by atoms with van der Waals surface area (Å²) in [5.41, 5.74) is -0.180. The molecule has 1 amide bonds. The molecule has 0 atom stereocenters. The molecule has 0 aliphatic carbocycles. The number of amides is 1. The third-order valence-corrected chi connectivity index (χ3v) is 2.66. The Hall–Kier alpha value is -0.940. The van der Waals surface area contributed by atoms with Gasteiger partial charge in [-0.05, 0) is 20.8 Å². The van der Waals surface area contributed by atoms with Gasteiger partial charge < -0.3 is 14.4 Å². The maximum absolute atomic E-state index is 11.7. The smallest absolute Gasteiger partial charge is 0.248 e. The predicted molar refractivity (Wildman–Crippen MR) is 67.3 cm³/mol. The van der Waals surface area contributed by atoms with Crippen LogP contribution in [-0.4, -0.2) is 55.1 Å². The van der Waals surface area contributed by atoms with Crippen LogP contribution in [0.15, 0.2) is 0 Å². The number of piperidine rings is 1. The lowest BCUT2D eigenvalue weighted by molar-refractivity contribution is -0.139. The fourth-order valence-corrected chi connectivity index (χ4v) is 1.66. The molecule has 0 aromatic heterocycles. The highest BCUT2D eigenvalue weighted by atomic mass is 16.5. The van der Waals surface area contributed by atoms with Crippen LogP contribution in [0.4, 0.5) is 0 Å². The van der Waals surface area contributed by atoms with Gasteiger partial charge in [-0.3, -0.25) is 9.59 Å². The van der Waals surface area contributed by atoms with Gasteiger partial charge in [0.1, 0.15) is 12.4 Å². The first kappa shape index (κ1) is 15.1. The van der Waals surface area contributed by atoms with Crippen molar-refractivity contribution in [3.05, 3.63) is 0 Å². The van der Waals surface area contributed by atoms with Crippen LogP contribution in [0.1, 0.15) is 33.6 Å². The molecular weight excluding hydrogens is 234 g/mol. The summed E-state index contributed by atoms with van der Waals surface area (Å²) < 4.78 is 10.7. The molecule has 1 saturated heterocycles. The highest BCUT2D eigenvalue weighted by molar-refractivity contribution is 5.83. The van der Waals surface area contributed by atoms with E-state index in [1.165, 1.54) is 0 Å². The average Bonchev–Trinajstić information content (AvgIpc) is 2.27. The van der Waals surface area contributed by atoms with Gasteiger partial charge in [-0.25, -0.2) is 0 Å². The number of carbonyl (C=O) groups excluding carboxylic acids is 2. The van der Waals surface area contributed by atoms with Crippen molar-refractivity contribution in [3.8, 4) is 0 Å². The molecule has 5 nitrogen and oxygen atoms in total. The molecule has 0 aromatic carbocycles. The Labute approximate surface area is 108 Å². The SMILES string of the molecule is CC(C)(C)OCCOCC(=O)N1CCC(=O)CC1. The quantitative estimate of drug-likeness (QED) is 0.690. The maximum Gasteiger partial charge on any atom is 0.248 e. The fourth-order valence-electron chi connectivity index (χ4n) is 1.66. The van der Waals surface area contributed by atoms with E-state index in [0.29, 0.717) is 39.1 Å². The minimum absolute atomic E-state index is 0.0433. The zero-order valence-electron chi connectivity index (χ0n) is 11.5. The molecule has 0 radical (unpaired) electrons. The number of likely N-dealkylation sites (tertiary alicyclic amines) is 1. The first-order chi connectivity index (χ1) is 8.38. The molecule has 0 N–H and O–H groups in total. The molecule has 1 heterocycles. The topological polar surface area (TPSA) is 55.8 Å². The van der Waals surface area contributed by atoms with Crippen molar-refractivity contribution in [1.29, 1.82) is 0 Å². The summed E-state index contributed by atoms with van der Waals surface area (Å²) in [6.07, 6.45) is 0.942. The minimum atomic E-state index is -0.180. The van der Waals surface area contributed by atoms with E-state index in [4.69, 9.17) is 9.47 Å². The van der Waals surface area contributed by atoms with Crippen LogP contribution in [0, 0.1) is 0 Å². The van der Waals surface area contributed by atoms with Gasteiger partial charge >= 0.3 is 0 Å². The van der Waals surface area contributed by atoms with Crippen LogP contribution < -0.4 is 0 Å². The van der Waals surface area contributed by atoms with Crippen molar-refractivity contribution in [2.75, 3.05) is 32.9 Å². The van der Waals surface area contributed by atoms with Gasteiger partial charge in [0.05, 0.1) is 18.8 Å². The molecule has 0 unspecified atom stereocenters. The van der Waals surface area contributed by atoms with Crippen LogP contribution in [0.3, 0.4) is 0 Å². The van der Waals surface area contributed by atoms with Gasteiger partial charge in [0.25, 0.3) is 0 Å². The number of Topliss-reactive ketones (excluding diaryl/α,β-unsaturated/α-hetero) is 1. The number of carbonyl (C=O) groups is 2. The van der Waals surface area contributed by atoms with Crippen molar-refractivity contribution in [2.24, 2.45) is 0 Å². The van der Waals surface area contributed by atoms with Gasteiger partial charge in [0.15, 0.2) is 0 Å². The van der Waals surface area contributed by atoms with Gasteiger partial charge in [-0.1, -0.05) is 0 Å².